The van der Waals surface area contributed by atoms with Gasteiger partial charge in [-0.3, -0.25) is 0 Å². The van der Waals surface area contributed by atoms with E-state index < -0.39 is 0 Å². The molecular weight excluding hydrogens is 250 g/mol. The average molecular weight is 267 g/mol. The molecular formula is C17H17NS. The Morgan fingerprint density at radius 2 is 1.84 bits per heavy atom. The molecule has 1 atom stereocenters. The van der Waals surface area contributed by atoms with Gasteiger partial charge in [0.1, 0.15) is 0 Å². The van der Waals surface area contributed by atoms with Crippen molar-refractivity contribution in [3.8, 4) is 0 Å². The molecule has 0 aliphatic carbocycles. The molecule has 1 aromatic heterocycles. The molecule has 0 radical (unpaired) electrons. The quantitative estimate of drug-likeness (QED) is 0.738. The van der Waals surface area contributed by atoms with E-state index in [9.17, 15) is 0 Å². The van der Waals surface area contributed by atoms with E-state index in [4.69, 9.17) is 5.73 Å². The summed E-state index contributed by atoms with van der Waals surface area (Å²) in [6.07, 6.45) is 2.05. The Labute approximate surface area is 117 Å². The molecule has 19 heavy (non-hydrogen) atoms. The fourth-order valence-corrected chi connectivity index (χ4v) is 3.07. The maximum Gasteiger partial charge on any atom is 0.0298 e. The molecule has 1 heterocycles. The van der Waals surface area contributed by atoms with Crippen molar-refractivity contribution in [3.05, 3.63) is 70.4 Å². The van der Waals surface area contributed by atoms with Crippen molar-refractivity contribution in [2.75, 3.05) is 0 Å². The summed E-state index contributed by atoms with van der Waals surface area (Å²) in [4.78, 5) is 0. The van der Waals surface area contributed by atoms with Crippen LogP contribution in [0.2, 0.25) is 0 Å². The lowest BCUT2D eigenvalue weighted by Crippen LogP contribution is -2.11. The second-order valence-electron chi connectivity index (χ2n) is 4.88. The maximum absolute atomic E-state index is 6.31. The summed E-state index contributed by atoms with van der Waals surface area (Å²) in [6, 6.07) is 17.2. The molecule has 0 saturated carbocycles. The molecule has 0 aliphatic rings. The summed E-state index contributed by atoms with van der Waals surface area (Å²) in [5, 5.41) is 6.87. The molecule has 0 fully saturated rings. The number of rotatable bonds is 4. The summed E-state index contributed by atoms with van der Waals surface area (Å²) in [5.74, 6) is 0. The number of hydrogen-bond donors (Lipinski definition) is 1. The first-order chi connectivity index (χ1) is 9.33. The van der Waals surface area contributed by atoms with Crippen LogP contribution in [0.25, 0.3) is 10.8 Å². The zero-order valence-electron chi connectivity index (χ0n) is 10.8. The second-order valence-corrected chi connectivity index (χ2v) is 5.66. The Morgan fingerprint density at radius 1 is 1.00 bits per heavy atom. The molecule has 2 N–H and O–H groups in total. The first-order valence-corrected chi connectivity index (χ1v) is 7.52. The molecule has 2 aromatic carbocycles. The van der Waals surface area contributed by atoms with Gasteiger partial charge >= 0.3 is 0 Å². The van der Waals surface area contributed by atoms with E-state index in [2.05, 4.69) is 59.3 Å². The van der Waals surface area contributed by atoms with E-state index in [1.165, 1.54) is 21.9 Å². The van der Waals surface area contributed by atoms with Crippen LogP contribution in [-0.2, 0) is 6.42 Å². The first kappa shape index (κ1) is 12.4. The van der Waals surface area contributed by atoms with Crippen molar-refractivity contribution < 1.29 is 0 Å². The van der Waals surface area contributed by atoms with Crippen molar-refractivity contribution in [3.63, 3.8) is 0 Å². The van der Waals surface area contributed by atoms with E-state index in [-0.39, 0.29) is 6.04 Å². The van der Waals surface area contributed by atoms with E-state index in [1.54, 1.807) is 11.3 Å². The summed E-state index contributed by atoms with van der Waals surface area (Å²) >= 11 is 1.75. The lowest BCUT2D eigenvalue weighted by Gasteiger charge is -2.12. The molecule has 1 unspecified atom stereocenters. The summed E-state index contributed by atoms with van der Waals surface area (Å²) < 4.78 is 0. The number of thiophene rings is 1. The highest BCUT2D eigenvalue weighted by molar-refractivity contribution is 7.07. The number of hydrogen-bond acceptors (Lipinski definition) is 2. The highest BCUT2D eigenvalue weighted by Gasteiger charge is 2.07. The van der Waals surface area contributed by atoms with Gasteiger partial charge in [0.05, 0.1) is 0 Å². The van der Waals surface area contributed by atoms with Crippen molar-refractivity contribution in [1.29, 1.82) is 0 Å². The monoisotopic (exact) mass is 267 g/mol. The molecule has 1 nitrogen and oxygen atoms in total. The fourth-order valence-electron chi connectivity index (χ4n) is 2.36. The van der Waals surface area contributed by atoms with Gasteiger partial charge in [0, 0.05) is 6.04 Å². The Hall–Kier alpha value is -1.64. The third kappa shape index (κ3) is 2.86. The van der Waals surface area contributed by atoms with Gasteiger partial charge in [0.2, 0.25) is 0 Å². The van der Waals surface area contributed by atoms with Crippen LogP contribution in [0.15, 0.2) is 59.3 Å². The van der Waals surface area contributed by atoms with E-state index >= 15 is 0 Å². The molecule has 3 aromatic rings. The number of fused-ring (bicyclic) bond motifs is 1. The van der Waals surface area contributed by atoms with E-state index in [0.717, 1.165) is 12.8 Å². The molecule has 0 saturated heterocycles. The Bertz CT molecular complexity index is 658. The van der Waals surface area contributed by atoms with Gasteiger partial charge in [0.15, 0.2) is 0 Å². The zero-order chi connectivity index (χ0) is 13.1. The van der Waals surface area contributed by atoms with Crippen molar-refractivity contribution >= 4 is 22.1 Å². The van der Waals surface area contributed by atoms with Crippen LogP contribution in [0.5, 0.6) is 0 Å². The first-order valence-electron chi connectivity index (χ1n) is 6.58. The van der Waals surface area contributed by atoms with Crippen molar-refractivity contribution in [2.24, 2.45) is 5.73 Å². The third-order valence-electron chi connectivity index (χ3n) is 3.53. The van der Waals surface area contributed by atoms with Crippen molar-refractivity contribution in [1.82, 2.24) is 0 Å². The van der Waals surface area contributed by atoms with E-state index in [1.807, 2.05) is 0 Å². The highest BCUT2D eigenvalue weighted by Crippen LogP contribution is 2.22. The Balaban J connectivity index is 1.75. The summed E-state index contributed by atoms with van der Waals surface area (Å²) in [5.41, 5.74) is 8.93. The minimum absolute atomic E-state index is 0.115. The SMILES string of the molecule is NC(CCc1ccsc1)c1ccc2ccccc2c1. The minimum atomic E-state index is 0.115. The summed E-state index contributed by atoms with van der Waals surface area (Å²) in [7, 11) is 0. The molecule has 0 aliphatic heterocycles. The fraction of sp³-hybridized carbons (Fsp3) is 0.176. The van der Waals surface area contributed by atoms with Crippen LogP contribution >= 0.6 is 11.3 Å². The molecule has 96 valence electrons. The highest BCUT2D eigenvalue weighted by atomic mass is 32.1. The molecule has 2 heteroatoms. The normalized spacial score (nSPS) is 12.7. The maximum atomic E-state index is 6.31. The van der Waals surface area contributed by atoms with Crippen LogP contribution in [0, 0.1) is 0 Å². The van der Waals surface area contributed by atoms with Gasteiger partial charge < -0.3 is 5.73 Å². The Morgan fingerprint density at radius 3 is 2.63 bits per heavy atom. The van der Waals surface area contributed by atoms with Crippen LogP contribution in [-0.4, -0.2) is 0 Å². The van der Waals surface area contributed by atoms with Crippen LogP contribution < -0.4 is 5.73 Å². The number of benzene rings is 2. The third-order valence-corrected chi connectivity index (χ3v) is 4.26. The van der Waals surface area contributed by atoms with Gasteiger partial charge in [-0.15, -0.1) is 0 Å². The van der Waals surface area contributed by atoms with Crippen LogP contribution in [0.3, 0.4) is 0 Å². The predicted octanol–water partition coefficient (Wildman–Crippen LogP) is 4.53. The Kier molecular flexibility index (Phi) is 3.62. The predicted molar refractivity (Wildman–Crippen MR) is 83.5 cm³/mol. The van der Waals surface area contributed by atoms with Gasteiger partial charge in [-0.25, -0.2) is 0 Å². The van der Waals surface area contributed by atoms with Crippen LogP contribution in [0.1, 0.15) is 23.6 Å². The largest absolute Gasteiger partial charge is 0.324 e. The number of aryl methyl sites for hydroxylation is 1. The van der Waals surface area contributed by atoms with Crippen molar-refractivity contribution in [2.45, 2.75) is 18.9 Å². The minimum Gasteiger partial charge on any atom is -0.324 e. The molecule has 3 rings (SSSR count). The van der Waals surface area contributed by atoms with Gasteiger partial charge in [-0.05, 0) is 57.6 Å². The second kappa shape index (κ2) is 5.55. The molecule has 0 bridgehead atoms. The van der Waals surface area contributed by atoms with Gasteiger partial charge in [-0.2, -0.15) is 11.3 Å². The lowest BCUT2D eigenvalue weighted by atomic mass is 9.98. The standard InChI is InChI=1S/C17H17NS/c18-17(8-5-13-9-10-19-12-13)16-7-6-14-3-1-2-4-15(14)11-16/h1-4,6-7,9-12,17H,5,8,18H2. The molecule has 0 spiro atoms. The number of nitrogens with two attached hydrogens (primary N) is 1. The summed E-state index contributed by atoms with van der Waals surface area (Å²) in [6.45, 7) is 0. The zero-order valence-corrected chi connectivity index (χ0v) is 11.6. The molecule has 0 amide bonds. The van der Waals surface area contributed by atoms with Crippen LogP contribution in [0.4, 0.5) is 0 Å². The average Bonchev–Trinajstić information content (AvgIpc) is 2.97. The smallest absolute Gasteiger partial charge is 0.0298 e. The van der Waals surface area contributed by atoms with E-state index in [0.29, 0.717) is 0 Å². The van der Waals surface area contributed by atoms with Gasteiger partial charge in [0.25, 0.3) is 0 Å². The van der Waals surface area contributed by atoms with Gasteiger partial charge in [-0.1, -0.05) is 36.4 Å². The lowest BCUT2D eigenvalue weighted by molar-refractivity contribution is 0.653. The topological polar surface area (TPSA) is 26.0 Å².